The summed E-state index contributed by atoms with van der Waals surface area (Å²) >= 11 is 0. The molecule has 2 aliphatic rings. The Morgan fingerprint density at radius 1 is 1.04 bits per heavy atom. The van der Waals surface area contributed by atoms with Crippen molar-refractivity contribution in [2.45, 2.75) is 70.3 Å². The Balaban J connectivity index is 0.000000381. The molecule has 3 nitrogen and oxygen atoms in total. The fourth-order valence-electron chi connectivity index (χ4n) is 2.91. The average molecular weight is 392 g/mol. The SMILES string of the molecule is C1CC2CCC1C2.C=C(C)C(=O)OC.CCC(O)(C(F)(F)F)C(F)(F)F. The molecule has 1 N–H and O–H groups in total. The van der Waals surface area contributed by atoms with E-state index < -0.39 is 24.4 Å². The molecule has 2 bridgehead atoms. The van der Waals surface area contributed by atoms with Crippen LogP contribution < -0.4 is 0 Å². The van der Waals surface area contributed by atoms with Crippen molar-refractivity contribution in [3.63, 3.8) is 0 Å². The van der Waals surface area contributed by atoms with Gasteiger partial charge in [0, 0.05) is 5.57 Å². The van der Waals surface area contributed by atoms with E-state index in [1.807, 2.05) is 0 Å². The fourth-order valence-corrected chi connectivity index (χ4v) is 2.91. The molecule has 2 saturated carbocycles. The first-order chi connectivity index (χ1) is 11.7. The molecule has 0 spiro atoms. The summed E-state index contributed by atoms with van der Waals surface area (Å²) in [6.07, 6.45) is -4.98. The predicted octanol–water partition coefficient (Wildman–Crippen LogP) is 5.18. The van der Waals surface area contributed by atoms with Crippen LogP contribution in [0, 0.1) is 11.8 Å². The predicted molar refractivity (Wildman–Crippen MR) is 84.2 cm³/mol. The Hall–Kier alpha value is -1.25. The molecule has 2 rings (SSSR count). The number of esters is 1. The van der Waals surface area contributed by atoms with Gasteiger partial charge in [-0.25, -0.2) is 4.79 Å². The van der Waals surface area contributed by atoms with E-state index in [0.29, 0.717) is 12.5 Å². The highest BCUT2D eigenvalue weighted by Gasteiger charge is 2.69. The Bertz CT molecular complexity index is 438. The normalized spacial score (nSPS) is 21.9. The number of aliphatic hydroxyl groups is 1. The Morgan fingerprint density at radius 2 is 1.38 bits per heavy atom. The molecule has 26 heavy (non-hydrogen) atoms. The molecule has 0 aliphatic heterocycles. The minimum Gasteiger partial charge on any atom is -0.466 e. The summed E-state index contributed by atoms with van der Waals surface area (Å²) in [7, 11) is 1.33. The van der Waals surface area contributed by atoms with Crippen molar-refractivity contribution in [1.29, 1.82) is 0 Å². The molecule has 0 atom stereocenters. The van der Waals surface area contributed by atoms with E-state index in [1.54, 1.807) is 39.0 Å². The zero-order valence-electron chi connectivity index (χ0n) is 15.1. The second kappa shape index (κ2) is 9.62. The lowest BCUT2D eigenvalue weighted by atomic mass is 10.00. The minimum absolute atomic E-state index is 0.347. The highest BCUT2D eigenvalue weighted by atomic mass is 19.4. The third-order valence-electron chi connectivity index (χ3n) is 4.62. The van der Waals surface area contributed by atoms with Crippen LogP contribution in [-0.4, -0.2) is 36.1 Å². The second-order valence-corrected chi connectivity index (χ2v) is 6.60. The van der Waals surface area contributed by atoms with Gasteiger partial charge in [-0.05, 0) is 31.6 Å². The number of methoxy groups -OCH3 is 1. The number of carbonyl (C=O) groups excluding carboxylic acids is 1. The van der Waals surface area contributed by atoms with Crippen molar-refractivity contribution in [1.82, 2.24) is 0 Å². The summed E-state index contributed by atoms with van der Waals surface area (Å²) in [5, 5.41) is 8.24. The summed E-state index contributed by atoms with van der Waals surface area (Å²) in [5.41, 5.74) is -4.15. The first-order valence-corrected chi connectivity index (χ1v) is 8.29. The smallest absolute Gasteiger partial charge is 0.426 e. The van der Waals surface area contributed by atoms with E-state index in [4.69, 9.17) is 5.11 Å². The van der Waals surface area contributed by atoms with Gasteiger partial charge >= 0.3 is 18.3 Å². The number of rotatable bonds is 2. The van der Waals surface area contributed by atoms with Gasteiger partial charge in [0.25, 0.3) is 5.60 Å². The highest BCUT2D eigenvalue weighted by Crippen LogP contribution is 2.45. The molecule has 0 aromatic carbocycles. The van der Waals surface area contributed by atoms with Crippen molar-refractivity contribution in [3.8, 4) is 0 Å². The molecule has 9 heteroatoms. The summed E-state index contributed by atoms with van der Waals surface area (Å²) in [6.45, 7) is 5.57. The van der Waals surface area contributed by atoms with E-state index in [-0.39, 0.29) is 5.97 Å². The molecule has 0 unspecified atom stereocenters. The Labute approximate surface area is 149 Å². The molecule has 0 aromatic heterocycles. The van der Waals surface area contributed by atoms with E-state index in [1.165, 1.54) is 18.9 Å². The maximum Gasteiger partial charge on any atom is 0.426 e. The first-order valence-electron chi connectivity index (χ1n) is 8.29. The van der Waals surface area contributed by atoms with E-state index in [9.17, 15) is 31.1 Å². The van der Waals surface area contributed by atoms with Gasteiger partial charge < -0.3 is 9.84 Å². The van der Waals surface area contributed by atoms with Gasteiger partial charge in [0.05, 0.1) is 7.11 Å². The van der Waals surface area contributed by atoms with Gasteiger partial charge in [0.1, 0.15) is 0 Å². The lowest BCUT2D eigenvalue weighted by Crippen LogP contribution is -2.56. The highest BCUT2D eigenvalue weighted by molar-refractivity contribution is 5.86. The summed E-state index contributed by atoms with van der Waals surface area (Å²) in [5.74, 6) is 2.00. The van der Waals surface area contributed by atoms with Crippen LogP contribution in [0.25, 0.3) is 0 Å². The summed E-state index contributed by atoms with van der Waals surface area (Å²) in [4.78, 5) is 10.2. The topological polar surface area (TPSA) is 46.5 Å². The van der Waals surface area contributed by atoms with Gasteiger partial charge in [-0.3, -0.25) is 0 Å². The van der Waals surface area contributed by atoms with Crippen LogP contribution in [0.4, 0.5) is 26.3 Å². The third-order valence-corrected chi connectivity index (χ3v) is 4.62. The Kier molecular flexibility index (Phi) is 9.16. The van der Waals surface area contributed by atoms with Crippen molar-refractivity contribution >= 4 is 5.97 Å². The van der Waals surface area contributed by atoms with Crippen LogP contribution in [0.1, 0.15) is 52.4 Å². The molecular formula is C17H26F6O3. The van der Waals surface area contributed by atoms with Crippen molar-refractivity contribution < 1.29 is 41.0 Å². The van der Waals surface area contributed by atoms with Gasteiger partial charge in [-0.1, -0.05) is 39.2 Å². The van der Waals surface area contributed by atoms with Crippen LogP contribution in [-0.2, 0) is 9.53 Å². The molecule has 0 amide bonds. The zero-order chi connectivity index (χ0) is 20.8. The van der Waals surface area contributed by atoms with Crippen LogP contribution >= 0.6 is 0 Å². The number of fused-ring (bicyclic) bond motifs is 2. The number of halogens is 6. The lowest BCUT2D eigenvalue weighted by Gasteiger charge is -2.30. The number of hydrogen-bond donors (Lipinski definition) is 1. The maximum absolute atomic E-state index is 11.6. The third kappa shape index (κ3) is 6.81. The lowest BCUT2D eigenvalue weighted by molar-refractivity contribution is -0.368. The summed E-state index contributed by atoms with van der Waals surface area (Å²) in [6, 6.07) is 0. The van der Waals surface area contributed by atoms with E-state index >= 15 is 0 Å². The van der Waals surface area contributed by atoms with Gasteiger partial charge in [0.2, 0.25) is 0 Å². The quantitative estimate of drug-likeness (QED) is 0.400. The first kappa shape index (κ1) is 24.8. The molecule has 154 valence electrons. The van der Waals surface area contributed by atoms with Gasteiger partial charge in [-0.2, -0.15) is 26.3 Å². The molecule has 0 radical (unpaired) electrons. The Morgan fingerprint density at radius 3 is 1.42 bits per heavy atom. The van der Waals surface area contributed by atoms with Crippen LogP contribution in [0.15, 0.2) is 12.2 Å². The van der Waals surface area contributed by atoms with Crippen molar-refractivity contribution in [3.05, 3.63) is 12.2 Å². The van der Waals surface area contributed by atoms with Crippen molar-refractivity contribution in [2.24, 2.45) is 11.8 Å². The zero-order valence-corrected chi connectivity index (χ0v) is 15.1. The summed E-state index contributed by atoms with van der Waals surface area (Å²) < 4.78 is 74.1. The average Bonchev–Trinajstić information content (AvgIpc) is 3.17. The van der Waals surface area contributed by atoms with Gasteiger partial charge in [0.15, 0.2) is 0 Å². The van der Waals surface area contributed by atoms with Crippen LogP contribution in [0.3, 0.4) is 0 Å². The van der Waals surface area contributed by atoms with E-state index in [2.05, 4.69) is 11.3 Å². The number of carbonyl (C=O) groups is 1. The fraction of sp³-hybridized carbons (Fsp3) is 0.824. The molecule has 0 heterocycles. The number of hydrogen-bond acceptors (Lipinski definition) is 3. The molecule has 0 aromatic rings. The monoisotopic (exact) mass is 392 g/mol. The molecular weight excluding hydrogens is 366 g/mol. The standard InChI is InChI=1S/C7H12.C5H6F6O.C5H8O2/c1-2-7-4-3-6(1)5-7;1-2-3(12,4(6,7)8)5(9,10)11;1-4(2)5(6)7-3/h6-7H,1-5H2;12H,2H2,1H3;1H2,2-3H3. The van der Waals surface area contributed by atoms with Gasteiger partial charge in [-0.15, -0.1) is 0 Å². The molecule has 2 aliphatic carbocycles. The molecule has 2 fully saturated rings. The van der Waals surface area contributed by atoms with Crippen molar-refractivity contribution in [2.75, 3.05) is 7.11 Å². The van der Waals surface area contributed by atoms with Crippen LogP contribution in [0.2, 0.25) is 0 Å². The number of alkyl halides is 6. The largest absolute Gasteiger partial charge is 0.466 e. The number of ether oxygens (including phenoxy) is 1. The second-order valence-electron chi connectivity index (χ2n) is 6.60. The molecule has 0 saturated heterocycles. The maximum atomic E-state index is 11.6. The van der Waals surface area contributed by atoms with E-state index in [0.717, 1.165) is 0 Å². The van der Waals surface area contributed by atoms with Crippen LogP contribution in [0.5, 0.6) is 0 Å². The minimum atomic E-state index is -5.68.